The maximum atomic E-state index is 12.2. The molecule has 0 unspecified atom stereocenters. The molecule has 1 amide bonds. The summed E-state index contributed by atoms with van der Waals surface area (Å²) in [6, 6.07) is 8.72. The molecule has 0 atom stereocenters. The molecule has 0 aliphatic heterocycles. The average molecular weight is 307 g/mol. The fraction of sp³-hybridized carbons (Fsp3) is 0.267. The lowest BCUT2D eigenvalue weighted by Crippen LogP contribution is -2.50. The number of ether oxygens (including phenoxy) is 1. The zero-order valence-corrected chi connectivity index (χ0v) is 12.7. The first kappa shape index (κ1) is 15.3. The van der Waals surface area contributed by atoms with Crippen molar-refractivity contribution in [1.29, 1.82) is 0 Å². The average Bonchev–Trinajstić information content (AvgIpc) is 2.45. The van der Waals surface area contributed by atoms with E-state index >= 15 is 0 Å². The normalized spacial score (nSPS) is 11.2. The van der Waals surface area contributed by atoms with E-state index in [1.54, 1.807) is 19.9 Å². The van der Waals surface area contributed by atoms with Crippen molar-refractivity contribution in [2.45, 2.75) is 19.4 Å². The molecule has 1 heterocycles. The Labute approximate surface area is 127 Å². The van der Waals surface area contributed by atoms with Crippen LogP contribution in [0.3, 0.4) is 0 Å². The molecule has 21 heavy (non-hydrogen) atoms. The minimum absolute atomic E-state index is 0.149. The molecule has 0 aliphatic rings. The number of carbonyl (C=O) groups is 2. The van der Waals surface area contributed by atoms with Crippen LogP contribution in [0.4, 0.5) is 0 Å². The molecule has 0 bridgehead atoms. The van der Waals surface area contributed by atoms with Crippen LogP contribution in [0, 0.1) is 0 Å². The zero-order valence-electron chi connectivity index (χ0n) is 11.9. The van der Waals surface area contributed by atoms with E-state index in [0.717, 1.165) is 5.39 Å². The van der Waals surface area contributed by atoms with Crippen LogP contribution in [0.25, 0.3) is 10.9 Å². The van der Waals surface area contributed by atoms with Gasteiger partial charge < -0.3 is 10.1 Å². The van der Waals surface area contributed by atoms with Gasteiger partial charge in [0.1, 0.15) is 11.2 Å². The smallest absolute Gasteiger partial charge is 0.330 e. The lowest BCUT2D eigenvalue weighted by atomic mass is 10.1. The number of nitrogens with zero attached hydrogens (tertiary/aromatic N) is 1. The van der Waals surface area contributed by atoms with E-state index in [9.17, 15) is 9.59 Å². The van der Waals surface area contributed by atoms with Gasteiger partial charge in [-0.2, -0.15) is 0 Å². The maximum Gasteiger partial charge on any atom is 0.330 e. The van der Waals surface area contributed by atoms with Crippen molar-refractivity contribution >= 4 is 34.4 Å². The second-order valence-corrected chi connectivity index (χ2v) is 5.48. The van der Waals surface area contributed by atoms with Gasteiger partial charge in [0.25, 0.3) is 5.91 Å². The van der Waals surface area contributed by atoms with Crippen molar-refractivity contribution in [3.63, 3.8) is 0 Å². The number of aromatic nitrogens is 1. The van der Waals surface area contributed by atoms with E-state index in [1.165, 1.54) is 13.2 Å². The number of methoxy groups -OCH3 is 1. The van der Waals surface area contributed by atoms with E-state index in [4.69, 9.17) is 11.6 Å². The molecule has 0 radical (unpaired) electrons. The van der Waals surface area contributed by atoms with Crippen LogP contribution in [0.1, 0.15) is 24.3 Å². The number of nitrogens with one attached hydrogen (secondary N) is 1. The Balaban J connectivity index is 2.34. The topological polar surface area (TPSA) is 68.3 Å². The van der Waals surface area contributed by atoms with E-state index in [0.29, 0.717) is 10.5 Å². The van der Waals surface area contributed by atoms with Crippen LogP contribution < -0.4 is 5.32 Å². The summed E-state index contributed by atoms with van der Waals surface area (Å²) >= 11 is 6.16. The van der Waals surface area contributed by atoms with Gasteiger partial charge in [0, 0.05) is 5.39 Å². The Bertz CT molecular complexity index is 713. The van der Waals surface area contributed by atoms with Crippen LogP contribution in [0.15, 0.2) is 30.3 Å². The molecular formula is C15H15ClN2O3. The number of esters is 1. The molecule has 0 saturated carbocycles. The molecule has 1 aromatic heterocycles. The second-order valence-electron chi connectivity index (χ2n) is 5.08. The Morgan fingerprint density at radius 1 is 1.29 bits per heavy atom. The number of para-hydroxylation sites is 1. The zero-order chi connectivity index (χ0) is 15.6. The Kier molecular flexibility index (Phi) is 4.14. The van der Waals surface area contributed by atoms with Gasteiger partial charge in [0.2, 0.25) is 0 Å². The summed E-state index contributed by atoms with van der Waals surface area (Å²) < 4.78 is 4.65. The summed E-state index contributed by atoms with van der Waals surface area (Å²) in [6.45, 7) is 3.11. The van der Waals surface area contributed by atoms with E-state index in [-0.39, 0.29) is 5.69 Å². The molecular weight excluding hydrogens is 292 g/mol. The SMILES string of the molecule is COC(=O)C(C)(C)NC(=O)c1cc(Cl)c2ccccc2n1. The number of rotatable bonds is 3. The number of hydrogen-bond acceptors (Lipinski definition) is 4. The molecule has 2 rings (SSSR count). The highest BCUT2D eigenvalue weighted by atomic mass is 35.5. The highest BCUT2D eigenvalue weighted by Crippen LogP contribution is 2.23. The van der Waals surface area contributed by atoms with E-state index < -0.39 is 17.4 Å². The van der Waals surface area contributed by atoms with Crippen molar-refractivity contribution in [2.75, 3.05) is 7.11 Å². The molecule has 6 heteroatoms. The van der Waals surface area contributed by atoms with Gasteiger partial charge in [-0.15, -0.1) is 0 Å². The highest BCUT2D eigenvalue weighted by Gasteiger charge is 2.31. The second kappa shape index (κ2) is 5.69. The lowest BCUT2D eigenvalue weighted by Gasteiger charge is -2.22. The number of hydrogen-bond donors (Lipinski definition) is 1. The largest absolute Gasteiger partial charge is 0.467 e. The monoisotopic (exact) mass is 306 g/mol. The number of benzene rings is 1. The minimum Gasteiger partial charge on any atom is -0.467 e. The molecule has 0 fully saturated rings. The molecule has 1 aromatic carbocycles. The fourth-order valence-corrected chi connectivity index (χ4v) is 2.17. The number of carbonyl (C=O) groups excluding carboxylic acids is 2. The third-order valence-corrected chi connectivity index (χ3v) is 3.33. The van der Waals surface area contributed by atoms with Crippen LogP contribution in [-0.4, -0.2) is 29.5 Å². The first-order valence-corrected chi connectivity index (χ1v) is 6.69. The predicted molar refractivity (Wildman–Crippen MR) is 80.3 cm³/mol. The van der Waals surface area contributed by atoms with Crippen LogP contribution in [0.5, 0.6) is 0 Å². The Hall–Kier alpha value is -2.14. The summed E-state index contributed by atoms with van der Waals surface area (Å²) in [6.07, 6.45) is 0. The predicted octanol–water partition coefficient (Wildman–Crippen LogP) is 2.57. The van der Waals surface area contributed by atoms with Crippen LogP contribution in [0.2, 0.25) is 5.02 Å². The molecule has 0 spiro atoms. The van der Waals surface area contributed by atoms with Gasteiger partial charge in [0.15, 0.2) is 0 Å². The lowest BCUT2D eigenvalue weighted by molar-refractivity contribution is -0.146. The summed E-state index contributed by atoms with van der Waals surface area (Å²) in [7, 11) is 1.27. The summed E-state index contributed by atoms with van der Waals surface area (Å²) in [5.74, 6) is -1.03. The minimum atomic E-state index is -1.15. The quantitative estimate of drug-likeness (QED) is 0.885. The van der Waals surface area contributed by atoms with Gasteiger partial charge in [-0.25, -0.2) is 9.78 Å². The number of halogens is 1. The number of amides is 1. The van der Waals surface area contributed by atoms with E-state index in [2.05, 4.69) is 15.0 Å². The molecule has 1 N–H and O–H groups in total. The van der Waals surface area contributed by atoms with Gasteiger partial charge >= 0.3 is 5.97 Å². The van der Waals surface area contributed by atoms with Gasteiger partial charge in [0.05, 0.1) is 17.6 Å². The number of pyridine rings is 1. The third kappa shape index (κ3) is 3.13. The molecule has 0 saturated heterocycles. The van der Waals surface area contributed by atoms with Crippen molar-refractivity contribution in [3.8, 4) is 0 Å². The fourth-order valence-electron chi connectivity index (χ4n) is 1.90. The Morgan fingerprint density at radius 3 is 2.62 bits per heavy atom. The van der Waals surface area contributed by atoms with Crippen molar-refractivity contribution in [2.24, 2.45) is 0 Å². The van der Waals surface area contributed by atoms with Crippen molar-refractivity contribution in [1.82, 2.24) is 10.3 Å². The van der Waals surface area contributed by atoms with Crippen LogP contribution >= 0.6 is 11.6 Å². The molecule has 2 aromatic rings. The highest BCUT2D eigenvalue weighted by molar-refractivity contribution is 6.35. The van der Waals surface area contributed by atoms with Gasteiger partial charge in [-0.3, -0.25) is 4.79 Å². The van der Waals surface area contributed by atoms with Gasteiger partial charge in [-0.1, -0.05) is 29.8 Å². The third-order valence-electron chi connectivity index (χ3n) is 3.02. The van der Waals surface area contributed by atoms with Gasteiger partial charge in [-0.05, 0) is 26.0 Å². The molecule has 110 valence electrons. The molecule has 5 nitrogen and oxygen atoms in total. The summed E-state index contributed by atoms with van der Waals surface area (Å²) in [4.78, 5) is 28.1. The first-order valence-electron chi connectivity index (χ1n) is 6.31. The van der Waals surface area contributed by atoms with Crippen LogP contribution in [-0.2, 0) is 9.53 Å². The summed E-state index contributed by atoms with van der Waals surface area (Å²) in [5.41, 5.74) is -0.382. The maximum absolute atomic E-state index is 12.2. The first-order chi connectivity index (χ1) is 9.85. The van der Waals surface area contributed by atoms with E-state index in [1.807, 2.05) is 18.2 Å². The summed E-state index contributed by atoms with van der Waals surface area (Å²) in [5, 5.41) is 3.78. The molecule has 0 aliphatic carbocycles. The van der Waals surface area contributed by atoms with Crippen molar-refractivity contribution in [3.05, 3.63) is 41.0 Å². The van der Waals surface area contributed by atoms with Crippen molar-refractivity contribution < 1.29 is 14.3 Å². The standard InChI is InChI=1S/C15H15ClN2O3/c1-15(2,14(20)21-3)18-13(19)12-8-10(16)9-6-4-5-7-11(9)17-12/h4-8H,1-3H3,(H,18,19). The number of fused-ring (bicyclic) bond motifs is 1. The Morgan fingerprint density at radius 2 is 1.95 bits per heavy atom.